The number of halogens is 1. The lowest BCUT2D eigenvalue weighted by Gasteiger charge is -2.11. The summed E-state index contributed by atoms with van der Waals surface area (Å²) in [6.07, 6.45) is 3.79. The second kappa shape index (κ2) is 4.21. The molecule has 0 saturated carbocycles. The molecule has 0 fully saturated rings. The number of pyridine rings is 1. The molecular weight excluding hydrogens is 290 g/mol. The van der Waals surface area contributed by atoms with Gasteiger partial charge in [0.15, 0.2) is 0 Å². The lowest BCUT2D eigenvalue weighted by Crippen LogP contribution is -1.99. The normalized spacial score (nSPS) is 11.1. The van der Waals surface area contributed by atoms with Crippen LogP contribution < -0.4 is 0 Å². The van der Waals surface area contributed by atoms with Gasteiger partial charge in [-0.2, -0.15) is 0 Å². The minimum atomic E-state index is 0.974. The van der Waals surface area contributed by atoms with E-state index in [0.717, 1.165) is 32.6 Å². The lowest BCUT2D eigenvalue weighted by molar-refractivity contribution is 0.976. The van der Waals surface area contributed by atoms with Crippen LogP contribution in [0.3, 0.4) is 0 Å². The second-order valence-corrected chi connectivity index (χ2v) is 5.12. The third-order valence-electron chi connectivity index (χ3n) is 2.98. The standard InChI is InChI=1S/C14H12BrN3/c1-9-8-13(18-7-6-16-10(18)2)11-4-3-5-12(15)14(11)17-9/h3-8H,1-2H3. The van der Waals surface area contributed by atoms with Gasteiger partial charge in [0.25, 0.3) is 0 Å². The highest BCUT2D eigenvalue weighted by Gasteiger charge is 2.09. The molecule has 0 aliphatic rings. The summed E-state index contributed by atoms with van der Waals surface area (Å²) in [5, 5.41) is 1.12. The summed E-state index contributed by atoms with van der Waals surface area (Å²) < 4.78 is 3.10. The van der Waals surface area contributed by atoms with Crippen LogP contribution in [0.4, 0.5) is 0 Å². The Bertz CT molecular complexity index is 731. The Hall–Kier alpha value is -1.68. The minimum Gasteiger partial charge on any atom is -0.303 e. The molecule has 3 rings (SSSR count). The van der Waals surface area contributed by atoms with Crippen molar-refractivity contribution >= 4 is 26.8 Å². The maximum atomic E-state index is 4.59. The molecule has 1 aromatic carbocycles. The third-order valence-corrected chi connectivity index (χ3v) is 3.62. The van der Waals surface area contributed by atoms with E-state index in [1.165, 1.54) is 0 Å². The molecule has 0 aliphatic carbocycles. The molecule has 0 spiro atoms. The van der Waals surface area contributed by atoms with E-state index in [9.17, 15) is 0 Å². The van der Waals surface area contributed by atoms with Crippen LogP contribution in [0.15, 0.2) is 41.1 Å². The van der Waals surface area contributed by atoms with Gasteiger partial charge in [-0.25, -0.2) is 4.98 Å². The van der Waals surface area contributed by atoms with Gasteiger partial charge in [-0.1, -0.05) is 12.1 Å². The molecule has 0 radical (unpaired) electrons. The second-order valence-electron chi connectivity index (χ2n) is 4.26. The molecule has 4 heteroatoms. The predicted molar refractivity (Wildman–Crippen MR) is 76.0 cm³/mol. The van der Waals surface area contributed by atoms with Gasteiger partial charge in [0.1, 0.15) is 5.82 Å². The first-order valence-electron chi connectivity index (χ1n) is 5.73. The molecule has 0 amide bonds. The fraction of sp³-hybridized carbons (Fsp3) is 0.143. The van der Waals surface area contributed by atoms with Crippen molar-refractivity contribution in [2.45, 2.75) is 13.8 Å². The largest absolute Gasteiger partial charge is 0.303 e. The molecule has 0 aliphatic heterocycles. The van der Waals surface area contributed by atoms with Gasteiger partial charge in [0.2, 0.25) is 0 Å². The molecule has 18 heavy (non-hydrogen) atoms. The smallest absolute Gasteiger partial charge is 0.110 e. The quantitative estimate of drug-likeness (QED) is 0.684. The van der Waals surface area contributed by atoms with Crippen LogP contribution in [0.1, 0.15) is 11.5 Å². The minimum absolute atomic E-state index is 0.974. The van der Waals surface area contributed by atoms with Gasteiger partial charge in [-0.15, -0.1) is 0 Å². The van der Waals surface area contributed by atoms with E-state index in [1.807, 2.05) is 38.4 Å². The van der Waals surface area contributed by atoms with Crippen molar-refractivity contribution in [3.63, 3.8) is 0 Å². The Labute approximate surface area is 114 Å². The summed E-state index contributed by atoms with van der Waals surface area (Å²) >= 11 is 3.56. The summed E-state index contributed by atoms with van der Waals surface area (Å²) in [7, 11) is 0. The van der Waals surface area contributed by atoms with Crippen LogP contribution in [0, 0.1) is 13.8 Å². The van der Waals surface area contributed by atoms with E-state index in [2.05, 4.69) is 42.6 Å². The maximum absolute atomic E-state index is 4.59. The number of imidazole rings is 1. The third kappa shape index (κ3) is 1.73. The molecule has 0 N–H and O–H groups in total. The van der Waals surface area contributed by atoms with Gasteiger partial charge < -0.3 is 4.57 Å². The van der Waals surface area contributed by atoms with Crippen LogP contribution in [0.25, 0.3) is 16.6 Å². The Kier molecular flexibility index (Phi) is 2.67. The number of benzene rings is 1. The molecule has 0 bridgehead atoms. The van der Waals surface area contributed by atoms with Crippen LogP contribution in [-0.2, 0) is 0 Å². The summed E-state index contributed by atoms with van der Waals surface area (Å²) in [4.78, 5) is 8.88. The van der Waals surface area contributed by atoms with Gasteiger partial charge in [-0.3, -0.25) is 4.98 Å². The van der Waals surface area contributed by atoms with Gasteiger partial charge >= 0.3 is 0 Å². The Morgan fingerprint density at radius 2 is 2.06 bits per heavy atom. The molecule has 3 aromatic rings. The van der Waals surface area contributed by atoms with Crippen LogP contribution >= 0.6 is 15.9 Å². The zero-order valence-corrected chi connectivity index (χ0v) is 11.8. The monoisotopic (exact) mass is 301 g/mol. The van der Waals surface area contributed by atoms with Crippen molar-refractivity contribution in [1.82, 2.24) is 14.5 Å². The molecule has 0 atom stereocenters. The number of aryl methyl sites for hydroxylation is 2. The van der Waals surface area contributed by atoms with Crippen LogP contribution in [0.5, 0.6) is 0 Å². The topological polar surface area (TPSA) is 30.7 Å². The number of hydrogen-bond acceptors (Lipinski definition) is 2. The Balaban J connectivity index is 2.43. The first-order valence-corrected chi connectivity index (χ1v) is 6.52. The molecular formula is C14H12BrN3. The van der Waals surface area contributed by atoms with Crippen molar-refractivity contribution in [1.29, 1.82) is 0 Å². The van der Waals surface area contributed by atoms with E-state index in [4.69, 9.17) is 0 Å². The molecule has 0 saturated heterocycles. The number of rotatable bonds is 1. The van der Waals surface area contributed by atoms with E-state index in [1.54, 1.807) is 0 Å². The Morgan fingerprint density at radius 1 is 1.22 bits per heavy atom. The van der Waals surface area contributed by atoms with Crippen molar-refractivity contribution in [2.75, 3.05) is 0 Å². The predicted octanol–water partition coefficient (Wildman–Crippen LogP) is 3.80. The van der Waals surface area contributed by atoms with Crippen molar-refractivity contribution in [3.8, 4) is 5.69 Å². The van der Waals surface area contributed by atoms with E-state index in [-0.39, 0.29) is 0 Å². The van der Waals surface area contributed by atoms with Crippen molar-refractivity contribution < 1.29 is 0 Å². The fourth-order valence-electron chi connectivity index (χ4n) is 2.15. The fourth-order valence-corrected chi connectivity index (χ4v) is 2.61. The SMILES string of the molecule is Cc1cc(-n2ccnc2C)c2cccc(Br)c2n1. The average molecular weight is 302 g/mol. The first-order chi connectivity index (χ1) is 8.66. The maximum Gasteiger partial charge on any atom is 0.110 e. The highest BCUT2D eigenvalue weighted by Crippen LogP contribution is 2.28. The molecule has 2 aromatic heterocycles. The van der Waals surface area contributed by atoms with E-state index < -0.39 is 0 Å². The van der Waals surface area contributed by atoms with E-state index in [0.29, 0.717) is 0 Å². The highest BCUT2D eigenvalue weighted by molar-refractivity contribution is 9.10. The van der Waals surface area contributed by atoms with Gasteiger partial charge in [-0.05, 0) is 41.9 Å². The van der Waals surface area contributed by atoms with Crippen LogP contribution in [-0.4, -0.2) is 14.5 Å². The van der Waals surface area contributed by atoms with Gasteiger partial charge in [0.05, 0.1) is 11.2 Å². The summed E-state index contributed by atoms with van der Waals surface area (Å²) in [6.45, 7) is 4.01. The summed E-state index contributed by atoms with van der Waals surface area (Å²) in [5.41, 5.74) is 3.10. The van der Waals surface area contributed by atoms with Crippen molar-refractivity contribution in [3.05, 3.63) is 52.7 Å². The summed E-state index contributed by atoms with van der Waals surface area (Å²) in [5.74, 6) is 0.974. The number of aromatic nitrogens is 3. The summed E-state index contributed by atoms with van der Waals surface area (Å²) in [6, 6.07) is 8.21. The number of nitrogens with zero attached hydrogens (tertiary/aromatic N) is 3. The van der Waals surface area contributed by atoms with E-state index >= 15 is 0 Å². The molecule has 90 valence electrons. The van der Waals surface area contributed by atoms with Crippen molar-refractivity contribution in [2.24, 2.45) is 0 Å². The zero-order valence-electron chi connectivity index (χ0n) is 10.2. The lowest BCUT2D eigenvalue weighted by atomic mass is 10.1. The molecule has 3 nitrogen and oxygen atoms in total. The first kappa shape index (κ1) is 11.4. The number of fused-ring (bicyclic) bond motifs is 1. The zero-order chi connectivity index (χ0) is 12.7. The number of hydrogen-bond donors (Lipinski definition) is 0. The number of para-hydroxylation sites is 1. The average Bonchev–Trinajstić information content (AvgIpc) is 2.76. The van der Waals surface area contributed by atoms with Gasteiger partial charge in [0, 0.05) is 27.9 Å². The highest BCUT2D eigenvalue weighted by atomic mass is 79.9. The molecule has 2 heterocycles. The van der Waals surface area contributed by atoms with Crippen LogP contribution in [0.2, 0.25) is 0 Å². The Morgan fingerprint density at radius 3 is 2.78 bits per heavy atom. The molecule has 0 unspecified atom stereocenters.